The Hall–Kier alpha value is -3.05. The van der Waals surface area contributed by atoms with Crippen molar-refractivity contribution >= 4 is 28.5 Å². The number of hydrogen-bond donors (Lipinski definition) is 2. The Kier molecular flexibility index (Phi) is 7.28. The van der Waals surface area contributed by atoms with Crippen molar-refractivity contribution in [2.24, 2.45) is 0 Å². The van der Waals surface area contributed by atoms with Gasteiger partial charge in [-0.15, -0.1) is 0 Å². The van der Waals surface area contributed by atoms with Crippen LogP contribution < -0.4 is 20.3 Å². The van der Waals surface area contributed by atoms with Crippen molar-refractivity contribution in [3.8, 4) is 5.75 Å². The summed E-state index contributed by atoms with van der Waals surface area (Å²) < 4.78 is 5.41. The van der Waals surface area contributed by atoms with Crippen LogP contribution in [0.2, 0.25) is 0 Å². The number of anilines is 2. The van der Waals surface area contributed by atoms with Gasteiger partial charge in [-0.1, -0.05) is 48.6 Å². The maximum absolute atomic E-state index is 5.41. The Balaban J connectivity index is 1.28. The van der Waals surface area contributed by atoms with E-state index in [1.807, 2.05) is 18.2 Å². The summed E-state index contributed by atoms with van der Waals surface area (Å²) in [7, 11) is 5.89. The Morgan fingerprint density at radius 1 is 1.00 bits per heavy atom. The van der Waals surface area contributed by atoms with Crippen molar-refractivity contribution in [2.45, 2.75) is 37.8 Å². The third kappa shape index (κ3) is 5.40. The van der Waals surface area contributed by atoms with Gasteiger partial charge in [0.25, 0.3) is 0 Å². The lowest BCUT2D eigenvalue weighted by Crippen LogP contribution is -2.37. The molecule has 0 saturated heterocycles. The normalized spacial score (nSPS) is 18.7. The molecular weight excluding hydrogens is 396 g/mol. The third-order valence-corrected chi connectivity index (χ3v) is 6.22. The fraction of sp³-hybridized carbons (Fsp3) is 0.370. The van der Waals surface area contributed by atoms with Crippen molar-refractivity contribution in [1.29, 1.82) is 0 Å². The molecule has 0 unspecified atom stereocenters. The fourth-order valence-electron chi connectivity index (χ4n) is 4.48. The minimum absolute atomic E-state index is 0.473. The number of rotatable bonds is 8. The van der Waals surface area contributed by atoms with E-state index in [1.54, 1.807) is 7.11 Å². The molecule has 0 amide bonds. The summed E-state index contributed by atoms with van der Waals surface area (Å²) in [6, 6.07) is 19.7. The van der Waals surface area contributed by atoms with Gasteiger partial charge in [-0.3, -0.25) is 0 Å². The lowest BCUT2D eigenvalue weighted by atomic mass is 9.91. The number of nitrogens with one attached hydrogen (secondary N) is 2. The number of para-hydroxylation sites is 2. The van der Waals surface area contributed by atoms with Crippen molar-refractivity contribution in [3.63, 3.8) is 0 Å². The van der Waals surface area contributed by atoms with Gasteiger partial charge in [-0.05, 0) is 37.8 Å². The molecule has 5 heteroatoms. The molecule has 1 fully saturated rings. The van der Waals surface area contributed by atoms with Crippen LogP contribution in [-0.4, -0.2) is 44.8 Å². The maximum atomic E-state index is 5.41. The zero-order valence-corrected chi connectivity index (χ0v) is 19.3. The molecule has 1 saturated carbocycles. The molecule has 3 aromatic rings. The predicted octanol–water partition coefficient (Wildman–Crippen LogP) is 5.34. The van der Waals surface area contributed by atoms with Crippen LogP contribution in [0.1, 0.15) is 31.2 Å². The van der Waals surface area contributed by atoms with E-state index in [2.05, 4.69) is 78.2 Å². The zero-order valence-electron chi connectivity index (χ0n) is 19.3. The van der Waals surface area contributed by atoms with Gasteiger partial charge < -0.3 is 20.3 Å². The summed E-state index contributed by atoms with van der Waals surface area (Å²) >= 11 is 0. The summed E-state index contributed by atoms with van der Waals surface area (Å²) in [5.74, 6) is 1.89. The van der Waals surface area contributed by atoms with Crippen LogP contribution in [0.3, 0.4) is 0 Å². The second-order valence-corrected chi connectivity index (χ2v) is 8.68. The van der Waals surface area contributed by atoms with E-state index in [-0.39, 0.29) is 0 Å². The van der Waals surface area contributed by atoms with Gasteiger partial charge in [0.1, 0.15) is 11.6 Å². The van der Waals surface area contributed by atoms with Crippen LogP contribution in [0, 0.1) is 0 Å². The number of benzene rings is 2. The fourth-order valence-corrected chi connectivity index (χ4v) is 4.48. The van der Waals surface area contributed by atoms with Crippen molar-refractivity contribution in [2.75, 3.05) is 38.0 Å². The second kappa shape index (κ2) is 10.5. The quantitative estimate of drug-likeness (QED) is 0.505. The van der Waals surface area contributed by atoms with Gasteiger partial charge in [0.05, 0.1) is 12.6 Å². The first-order valence-electron chi connectivity index (χ1n) is 11.5. The Labute approximate surface area is 191 Å². The zero-order chi connectivity index (χ0) is 22.3. The van der Waals surface area contributed by atoms with Crippen molar-refractivity contribution in [3.05, 3.63) is 66.2 Å². The highest BCUT2D eigenvalue weighted by molar-refractivity contribution is 5.93. The Morgan fingerprint density at radius 3 is 2.50 bits per heavy atom. The van der Waals surface area contributed by atoms with Gasteiger partial charge in [-0.2, -0.15) is 0 Å². The molecule has 2 N–H and O–H groups in total. The molecule has 4 rings (SSSR count). The van der Waals surface area contributed by atoms with Crippen molar-refractivity contribution in [1.82, 2.24) is 10.3 Å². The van der Waals surface area contributed by atoms with Crippen LogP contribution in [0.25, 0.3) is 17.0 Å². The lowest BCUT2D eigenvalue weighted by molar-refractivity contribution is 0.363. The van der Waals surface area contributed by atoms with E-state index >= 15 is 0 Å². The SMILES string of the molecule is COc1ccccc1C=CCN[C@H]1CC[C@@H](Nc2cc(N(C)C)c3ccccc3n2)CC1. The molecule has 1 aliphatic rings. The number of ether oxygens (including phenoxy) is 1. The highest BCUT2D eigenvalue weighted by atomic mass is 16.5. The van der Waals surface area contributed by atoms with Crippen LogP contribution in [0.15, 0.2) is 60.7 Å². The summed E-state index contributed by atoms with van der Waals surface area (Å²) in [4.78, 5) is 7.02. The van der Waals surface area contributed by atoms with Crippen molar-refractivity contribution < 1.29 is 4.74 Å². The maximum Gasteiger partial charge on any atom is 0.128 e. The molecule has 0 aliphatic heterocycles. The summed E-state index contributed by atoms with van der Waals surface area (Å²) in [6.45, 7) is 0.874. The highest BCUT2D eigenvalue weighted by Crippen LogP contribution is 2.29. The largest absolute Gasteiger partial charge is 0.496 e. The minimum Gasteiger partial charge on any atom is -0.496 e. The second-order valence-electron chi connectivity index (χ2n) is 8.68. The van der Waals surface area contributed by atoms with Crippen LogP contribution in [0.4, 0.5) is 11.5 Å². The van der Waals surface area contributed by atoms with E-state index in [0.717, 1.165) is 42.0 Å². The number of aromatic nitrogens is 1. The molecule has 0 bridgehead atoms. The van der Waals surface area contributed by atoms with Crippen LogP contribution in [-0.2, 0) is 0 Å². The van der Waals surface area contributed by atoms with Gasteiger partial charge in [0.2, 0.25) is 0 Å². The van der Waals surface area contributed by atoms with Crippen LogP contribution in [0.5, 0.6) is 5.75 Å². The van der Waals surface area contributed by atoms with Crippen LogP contribution >= 0.6 is 0 Å². The van der Waals surface area contributed by atoms with Gasteiger partial charge in [0, 0.05) is 55.4 Å². The standard InChI is InChI=1S/C27H34N4O/c1-31(2)25-19-27(30-24-12-6-5-11-23(24)25)29-22-16-14-21(15-17-22)28-18-8-10-20-9-4-7-13-26(20)32-3/h4-13,19,21-22,28H,14-18H2,1-3H3,(H,29,30)/t21-,22+. The highest BCUT2D eigenvalue weighted by Gasteiger charge is 2.21. The molecule has 5 nitrogen and oxygen atoms in total. The summed E-state index contributed by atoms with van der Waals surface area (Å²) in [6.07, 6.45) is 8.97. The average Bonchev–Trinajstić information content (AvgIpc) is 2.82. The molecular formula is C27H34N4O. The van der Waals surface area contributed by atoms with E-state index in [1.165, 1.54) is 23.9 Å². The minimum atomic E-state index is 0.473. The number of methoxy groups -OCH3 is 1. The molecule has 168 valence electrons. The van der Waals surface area contributed by atoms with Gasteiger partial charge >= 0.3 is 0 Å². The molecule has 1 heterocycles. The van der Waals surface area contributed by atoms with Gasteiger partial charge in [-0.25, -0.2) is 4.98 Å². The number of nitrogens with zero attached hydrogens (tertiary/aromatic N) is 2. The van der Waals surface area contributed by atoms with E-state index in [0.29, 0.717) is 12.1 Å². The first-order chi connectivity index (χ1) is 15.6. The Bertz CT molecular complexity index is 1050. The molecule has 1 aliphatic carbocycles. The Morgan fingerprint density at radius 2 is 1.72 bits per heavy atom. The smallest absolute Gasteiger partial charge is 0.128 e. The molecule has 0 spiro atoms. The topological polar surface area (TPSA) is 49.4 Å². The first-order valence-corrected chi connectivity index (χ1v) is 11.5. The number of pyridine rings is 1. The number of fused-ring (bicyclic) bond motifs is 1. The summed E-state index contributed by atoms with van der Waals surface area (Å²) in [5, 5.41) is 8.57. The molecule has 2 aromatic carbocycles. The monoisotopic (exact) mass is 430 g/mol. The lowest BCUT2D eigenvalue weighted by Gasteiger charge is -2.30. The van der Waals surface area contributed by atoms with E-state index in [9.17, 15) is 0 Å². The first kappa shape index (κ1) is 22.2. The predicted molar refractivity (Wildman–Crippen MR) is 136 cm³/mol. The average molecular weight is 431 g/mol. The molecule has 0 radical (unpaired) electrons. The summed E-state index contributed by atoms with van der Waals surface area (Å²) in [5.41, 5.74) is 3.36. The number of hydrogen-bond acceptors (Lipinski definition) is 5. The molecule has 32 heavy (non-hydrogen) atoms. The van der Waals surface area contributed by atoms with Gasteiger partial charge in [0.15, 0.2) is 0 Å². The third-order valence-electron chi connectivity index (χ3n) is 6.22. The molecule has 1 aromatic heterocycles. The van der Waals surface area contributed by atoms with E-state index < -0.39 is 0 Å². The van der Waals surface area contributed by atoms with E-state index in [4.69, 9.17) is 9.72 Å². The molecule has 0 atom stereocenters.